The van der Waals surface area contributed by atoms with E-state index in [4.69, 9.17) is 10.5 Å². The average Bonchev–Trinajstić information content (AvgIpc) is 2.42. The lowest BCUT2D eigenvalue weighted by Crippen LogP contribution is -1.95. The van der Waals surface area contributed by atoms with Gasteiger partial charge in [-0.05, 0) is 24.3 Å². The summed E-state index contributed by atoms with van der Waals surface area (Å²) >= 11 is 0. The fraction of sp³-hybridized carbons (Fsp3) is 0. The summed E-state index contributed by atoms with van der Waals surface area (Å²) in [6.07, 6.45) is 1.51. The minimum atomic E-state index is -0.408. The number of fused-ring (bicyclic) bond motifs is 1. The van der Waals surface area contributed by atoms with Gasteiger partial charge in [0.05, 0.1) is 22.9 Å². The second-order valence-corrected chi connectivity index (χ2v) is 3.98. The maximum atomic E-state index is 12.9. The molecular formula is C14H10FN3O. The second kappa shape index (κ2) is 4.53. The summed E-state index contributed by atoms with van der Waals surface area (Å²) in [5.74, 6) is 0.262. The van der Waals surface area contributed by atoms with Crippen molar-refractivity contribution in [1.82, 2.24) is 9.97 Å². The van der Waals surface area contributed by atoms with Gasteiger partial charge in [0.2, 0.25) is 5.88 Å². The molecule has 2 N–H and O–H groups in total. The van der Waals surface area contributed by atoms with Gasteiger partial charge in [0.1, 0.15) is 5.82 Å². The summed E-state index contributed by atoms with van der Waals surface area (Å²) in [6, 6.07) is 11.4. The normalized spacial score (nSPS) is 10.6. The predicted octanol–water partition coefficient (Wildman–Crippen LogP) is 3.14. The Morgan fingerprint density at radius 1 is 1.05 bits per heavy atom. The molecule has 0 radical (unpaired) electrons. The van der Waals surface area contributed by atoms with Gasteiger partial charge in [-0.3, -0.25) is 0 Å². The Morgan fingerprint density at radius 2 is 1.84 bits per heavy atom. The maximum absolute atomic E-state index is 12.9. The van der Waals surface area contributed by atoms with Gasteiger partial charge in [-0.1, -0.05) is 12.1 Å². The maximum Gasteiger partial charge on any atom is 0.238 e. The standard InChI is InChI=1S/C14H10FN3O/c15-9-5-6-13(10(16)7-9)19-14-8-17-11-3-1-2-4-12(11)18-14/h1-8H,16H2. The second-order valence-electron chi connectivity index (χ2n) is 3.98. The molecule has 0 saturated carbocycles. The smallest absolute Gasteiger partial charge is 0.238 e. The molecule has 94 valence electrons. The number of ether oxygens (including phenoxy) is 1. The summed E-state index contributed by atoms with van der Waals surface area (Å²) in [6.45, 7) is 0. The van der Waals surface area contributed by atoms with Crippen molar-refractivity contribution in [3.05, 3.63) is 54.5 Å². The number of nitrogens with zero attached hydrogens (tertiary/aromatic N) is 2. The van der Waals surface area contributed by atoms with Crippen LogP contribution in [0.4, 0.5) is 10.1 Å². The number of rotatable bonds is 2. The number of hydrogen-bond acceptors (Lipinski definition) is 4. The summed E-state index contributed by atoms with van der Waals surface area (Å²) in [4.78, 5) is 8.52. The van der Waals surface area contributed by atoms with E-state index in [1.165, 1.54) is 24.4 Å². The van der Waals surface area contributed by atoms with Crippen molar-refractivity contribution in [2.24, 2.45) is 0 Å². The molecule has 0 saturated heterocycles. The number of anilines is 1. The molecular weight excluding hydrogens is 245 g/mol. The minimum Gasteiger partial charge on any atom is -0.435 e. The molecule has 0 aliphatic heterocycles. The summed E-state index contributed by atoms with van der Waals surface area (Å²) in [5.41, 5.74) is 7.39. The molecule has 0 spiro atoms. The van der Waals surface area contributed by atoms with Crippen LogP contribution >= 0.6 is 0 Å². The highest BCUT2D eigenvalue weighted by Crippen LogP contribution is 2.27. The lowest BCUT2D eigenvalue weighted by molar-refractivity contribution is 0.463. The zero-order valence-electron chi connectivity index (χ0n) is 9.88. The van der Waals surface area contributed by atoms with Crippen LogP contribution in [-0.4, -0.2) is 9.97 Å². The SMILES string of the molecule is Nc1cc(F)ccc1Oc1cnc2ccccc2n1. The highest BCUT2D eigenvalue weighted by molar-refractivity contribution is 5.74. The molecule has 1 heterocycles. The Bertz CT molecular complexity index is 746. The van der Waals surface area contributed by atoms with Gasteiger partial charge >= 0.3 is 0 Å². The number of nitrogens with two attached hydrogens (primary N) is 1. The first kappa shape index (κ1) is 11.4. The van der Waals surface area contributed by atoms with E-state index in [1.54, 1.807) is 0 Å². The third-order valence-electron chi connectivity index (χ3n) is 2.61. The Kier molecular flexibility index (Phi) is 2.72. The number of nitrogen functional groups attached to an aromatic ring is 1. The van der Waals surface area contributed by atoms with Crippen molar-refractivity contribution < 1.29 is 9.13 Å². The van der Waals surface area contributed by atoms with Crippen molar-refractivity contribution in [3.8, 4) is 11.6 Å². The fourth-order valence-corrected chi connectivity index (χ4v) is 1.71. The molecule has 5 heteroatoms. The van der Waals surface area contributed by atoms with E-state index in [1.807, 2.05) is 24.3 Å². The van der Waals surface area contributed by atoms with Crippen LogP contribution in [0, 0.1) is 5.82 Å². The summed E-state index contributed by atoms with van der Waals surface area (Å²) in [7, 11) is 0. The van der Waals surface area contributed by atoms with E-state index in [-0.39, 0.29) is 5.69 Å². The number of benzene rings is 2. The van der Waals surface area contributed by atoms with Crippen molar-refractivity contribution in [1.29, 1.82) is 0 Å². The minimum absolute atomic E-state index is 0.218. The van der Waals surface area contributed by atoms with Crippen molar-refractivity contribution in [2.45, 2.75) is 0 Å². The molecule has 19 heavy (non-hydrogen) atoms. The summed E-state index contributed by atoms with van der Waals surface area (Å²) in [5, 5.41) is 0. The quantitative estimate of drug-likeness (QED) is 0.714. The lowest BCUT2D eigenvalue weighted by atomic mass is 10.3. The van der Waals surface area contributed by atoms with Crippen LogP contribution < -0.4 is 10.5 Å². The zero-order valence-corrected chi connectivity index (χ0v) is 9.88. The molecule has 0 fully saturated rings. The molecule has 3 rings (SSSR count). The Morgan fingerprint density at radius 3 is 2.63 bits per heavy atom. The molecule has 2 aromatic carbocycles. The first-order chi connectivity index (χ1) is 9.22. The first-order valence-electron chi connectivity index (χ1n) is 5.67. The van der Waals surface area contributed by atoms with Gasteiger partial charge < -0.3 is 10.5 Å². The third-order valence-corrected chi connectivity index (χ3v) is 2.61. The molecule has 0 amide bonds. The summed E-state index contributed by atoms with van der Waals surface area (Å²) < 4.78 is 18.4. The number of halogens is 1. The average molecular weight is 255 g/mol. The van der Waals surface area contributed by atoms with Crippen LogP contribution in [0.3, 0.4) is 0 Å². The van der Waals surface area contributed by atoms with Gasteiger partial charge in [0.15, 0.2) is 5.75 Å². The molecule has 4 nitrogen and oxygen atoms in total. The third kappa shape index (κ3) is 2.30. The molecule has 0 bridgehead atoms. The molecule has 3 aromatic rings. The van der Waals surface area contributed by atoms with Gasteiger partial charge in [-0.2, -0.15) is 0 Å². The van der Waals surface area contributed by atoms with Gasteiger partial charge in [-0.25, -0.2) is 14.4 Å². The van der Waals surface area contributed by atoms with Crippen LogP contribution in [0.25, 0.3) is 11.0 Å². The zero-order chi connectivity index (χ0) is 13.2. The van der Waals surface area contributed by atoms with E-state index in [0.29, 0.717) is 11.6 Å². The van der Waals surface area contributed by atoms with E-state index >= 15 is 0 Å². The molecule has 0 aliphatic carbocycles. The fourth-order valence-electron chi connectivity index (χ4n) is 1.71. The van der Waals surface area contributed by atoms with Crippen LogP contribution in [0.5, 0.6) is 11.6 Å². The Balaban J connectivity index is 1.96. The van der Waals surface area contributed by atoms with Crippen LogP contribution in [0.15, 0.2) is 48.7 Å². The molecule has 0 aliphatic rings. The van der Waals surface area contributed by atoms with Crippen LogP contribution in [0.2, 0.25) is 0 Å². The van der Waals surface area contributed by atoms with Gasteiger partial charge in [0, 0.05) is 6.07 Å². The Labute approximate surface area is 108 Å². The highest BCUT2D eigenvalue weighted by Gasteiger charge is 2.06. The lowest BCUT2D eigenvalue weighted by Gasteiger charge is -2.07. The van der Waals surface area contributed by atoms with E-state index in [9.17, 15) is 4.39 Å². The van der Waals surface area contributed by atoms with E-state index < -0.39 is 5.82 Å². The number of hydrogen-bond donors (Lipinski definition) is 1. The molecule has 0 atom stereocenters. The van der Waals surface area contributed by atoms with E-state index in [0.717, 1.165) is 11.0 Å². The topological polar surface area (TPSA) is 61.0 Å². The van der Waals surface area contributed by atoms with Gasteiger partial charge in [0.25, 0.3) is 0 Å². The Hall–Kier alpha value is -2.69. The predicted molar refractivity (Wildman–Crippen MR) is 70.4 cm³/mol. The monoisotopic (exact) mass is 255 g/mol. The molecule has 1 aromatic heterocycles. The number of para-hydroxylation sites is 2. The number of aromatic nitrogens is 2. The molecule has 0 unspecified atom stereocenters. The van der Waals surface area contributed by atoms with Crippen molar-refractivity contribution >= 4 is 16.7 Å². The van der Waals surface area contributed by atoms with Crippen LogP contribution in [-0.2, 0) is 0 Å². The van der Waals surface area contributed by atoms with Crippen LogP contribution in [0.1, 0.15) is 0 Å². The van der Waals surface area contributed by atoms with Crippen molar-refractivity contribution in [3.63, 3.8) is 0 Å². The highest BCUT2D eigenvalue weighted by atomic mass is 19.1. The largest absolute Gasteiger partial charge is 0.435 e. The first-order valence-corrected chi connectivity index (χ1v) is 5.67. The van der Waals surface area contributed by atoms with E-state index in [2.05, 4.69) is 9.97 Å². The van der Waals surface area contributed by atoms with Crippen molar-refractivity contribution in [2.75, 3.05) is 5.73 Å². The van der Waals surface area contributed by atoms with Gasteiger partial charge in [-0.15, -0.1) is 0 Å².